The Bertz CT molecular complexity index is 549. The van der Waals surface area contributed by atoms with Gasteiger partial charge in [0.1, 0.15) is 4.99 Å². The van der Waals surface area contributed by atoms with E-state index in [0.717, 1.165) is 22.1 Å². The van der Waals surface area contributed by atoms with E-state index < -0.39 is 0 Å². The van der Waals surface area contributed by atoms with E-state index in [0.29, 0.717) is 0 Å². The van der Waals surface area contributed by atoms with Crippen molar-refractivity contribution in [3.8, 4) is 0 Å². The third-order valence-electron chi connectivity index (χ3n) is 2.81. The van der Waals surface area contributed by atoms with Crippen molar-refractivity contribution >= 4 is 28.8 Å². The van der Waals surface area contributed by atoms with Crippen LogP contribution in [0, 0.1) is 6.92 Å². The molecule has 0 aliphatic carbocycles. The molecule has 1 nitrogen and oxygen atoms in total. The van der Waals surface area contributed by atoms with Gasteiger partial charge in [-0.1, -0.05) is 60.2 Å². The summed E-state index contributed by atoms with van der Waals surface area (Å²) >= 11 is 11.2. The molecular weight excluding hydrogens is 262 g/mol. The van der Waals surface area contributed by atoms with Crippen molar-refractivity contribution in [1.29, 1.82) is 0 Å². The SMILES string of the molecule is Cc1ccccc1CNC(=S)c1ccc(Cl)cc1. The smallest absolute Gasteiger partial charge is 0.106 e. The minimum Gasteiger partial charge on any atom is -0.372 e. The van der Waals surface area contributed by atoms with Gasteiger partial charge in [-0.15, -0.1) is 0 Å². The van der Waals surface area contributed by atoms with Crippen LogP contribution < -0.4 is 5.32 Å². The lowest BCUT2D eigenvalue weighted by Crippen LogP contribution is -2.22. The second-order valence-electron chi connectivity index (χ2n) is 4.12. The van der Waals surface area contributed by atoms with Crippen LogP contribution in [0.1, 0.15) is 16.7 Å². The molecule has 2 aromatic carbocycles. The molecule has 0 amide bonds. The zero-order chi connectivity index (χ0) is 13.0. The van der Waals surface area contributed by atoms with E-state index in [2.05, 4.69) is 24.4 Å². The summed E-state index contributed by atoms with van der Waals surface area (Å²) in [4.78, 5) is 0.745. The second-order valence-corrected chi connectivity index (χ2v) is 4.96. The van der Waals surface area contributed by atoms with Crippen molar-refractivity contribution in [2.75, 3.05) is 0 Å². The predicted molar refractivity (Wildman–Crippen MR) is 81.2 cm³/mol. The van der Waals surface area contributed by atoms with Gasteiger partial charge >= 0.3 is 0 Å². The maximum absolute atomic E-state index is 5.85. The lowest BCUT2D eigenvalue weighted by atomic mass is 10.1. The van der Waals surface area contributed by atoms with Gasteiger partial charge in [-0.25, -0.2) is 0 Å². The Morgan fingerprint density at radius 1 is 1.11 bits per heavy atom. The van der Waals surface area contributed by atoms with Crippen molar-refractivity contribution < 1.29 is 0 Å². The molecule has 0 bridgehead atoms. The molecule has 0 aromatic heterocycles. The molecule has 0 aliphatic heterocycles. The number of nitrogens with one attached hydrogen (secondary N) is 1. The number of hydrogen-bond acceptors (Lipinski definition) is 1. The van der Waals surface area contributed by atoms with Crippen LogP contribution in [0.2, 0.25) is 5.02 Å². The van der Waals surface area contributed by atoms with Crippen molar-refractivity contribution in [3.05, 3.63) is 70.2 Å². The molecule has 0 radical (unpaired) electrons. The Kier molecular flexibility index (Phi) is 4.34. The molecule has 3 heteroatoms. The fourth-order valence-corrected chi connectivity index (χ4v) is 2.02. The van der Waals surface area contributed by atoms with Crippen LogP contribution in [0.3, 0.4) is 0 Å². The highest BCUT2D eigenvalue weighted by atomic mass is 35.5. The summed E-state index contributed by atoms with van der Waals surface area (Å²) in [7, 11) is 0. The molecule has 18 heavy (non-hydrogen) atoms. The Morgan fingerprint density at radius 3 is 2.44 bits per heavy atom. The molecule has 0 atom stereocenters. The van der Waals surface area contributed by atoms with Gasteiger partial charge in [0, 0.05) is 17.1 Å². The first-order chi connectivity index (χ1) is 8.66. The molecular formula is C15H14ClNS. The Hall–Kier alpha value is -1.38. The van der Waals surface area contributed by atoms with Gasteiger partial charge in [-0.3, -0.25) is 0 Å². The van der Waals surface area contributed by atoms with E-state index in [1.54, 1.807) is 0 Å². The molecule has 0 unspecified atom stereocenters. The zero-order valence-electron chi connectivity index (χ0n) is 10.1. The van der Waals surface area contributed by atoms with Crippen LogP contribution in [0.5, 0.6) is 0 Å². The van der Waals surface area contributed by atoms with E-state index in [1.165, 1.54) is 11.1 Å². The van der Waals surface area contributed by atoms with Gasteiger partial charge in [-0.2, -0.15) is 0 Å². The monoisotopic (exact) mass is 275 g/mol. The predicted octanol–water partition coefficient (Wildman–Crippen LogP) is 4.11. The van der Waals surface area contributed by atoms with Gasteiger partial charge in [-0.05, 0) is 30.2 Å². The molecule has 0 fully saturated rings. The first-order valence-corrected chi connectivity index (χ1v) is 6.54. The molecule has 0 saturated heterocycles. The maximum Gasteiger partial charge on any atom is 0.106 e. The average Bonchev–Trinajstić information content (AvgIpc) is 2.38. The maximum atomic E-state index is 5.85. The number of thiocarbonyl (C=S) groups is 1. The highest BCUT2D eigenvalue weighted by molar-refractivity contribution is 7.80. The standard InChI is InChI=1S/C15H14ClNS/c1-11-4-2-3-5-13(11)10-17-15(18)12-6-8-14(16)9-7-12/h2-9H,10H2,1H3,(H,17,18). The van der Waals surface area contributed by atoms with Crippen LogP contribution in [0.25, 0.3) is 0 Å². The van der Waals surface area contributed by atoms with Crippen LogP contribution in [0.15, 0.2) is 48.5 Å². The lowest BCUT2D eigenvalue weighted by Gasteiger charge is -2.10. The van der Waals surface area contributed by atoms with Crippen molar-refractivity contribution in [2.24, 2.45) is 0 Å². The van der Waals surface area contributed by atoms with E-state index in [-0.39, 0.29) is 0 Å². The Morgan fingerprint density at radius 2 is 1.78 bits per heavy atom. The summed E-state index contributed by atoms with van der Waals surface area (Å²) in [6, 6.07) is 15.8. The minimum absolute atomic E-state index is 0.723. The van der Waals surface area contributed by atoms with E-state index in [4.69, 9.17) is 23.8 Å². The van der Waals surface area contributed by atoms with Crippen molar-refractivity contribution in [2.45, 2.75) is 13.5 Å². The summed E-state index contributed by atoms with van der Waals surface area (Å²) in [5.41, 5.74) is 3.51. The Balaban J connectivity index is 2.01. The van der Waals surface area contributed by atoms with Gasteiger partial charge in [0.25, 0.3) is 0 Å². The van der Waals surface area contributed by atoms with E-state index >= 15 is 0 Å². The second kappa shape index (κ2) is 5.98. The molecule has 2 aromatic rings. The Labute approximate surface area is 118 Å². The topological polar surface area (TPSA) is 12.0 Å². The number of halogens is 1. The normalized spacial score (nSPS) is 10.1. The number of rotatable bonds is 3. The van der Waals surface area contributed by atoms with Gasteiger partial charge in [0.15, 0.2) is 0 Å². The van der Waals surface area contributed by atoms with Gasteiger partial charge in [0.05, 0.1) is 0 Å². The number of benzene rings is 2. The van der Waals surface area contributed by atoms with Crippen LogP contribution in [-0.4, -0.2) is 4.99 Å². The van der Waals surface area contributed by atoms with Crippen molar-refractivity contribution in [3.63, 3.8) is 0 Å². The summed E-state index contributed by atoms with van der Waals surface area (Å²) in [5, 5.41) is 3.99. The summed E-state index contributed by atoms with van der Waals surface area (Å²) in [6.45, 7) is 2.84. The molecule has 2 rings (SSSR count). The molecule has 0 spiro atoms. The van der Waals surface area contributed by atoms with Crippen LogP contribution in [-0.2, 0) is 6.54 Å². The van der Waals surface area contributed by atoms with Gasteiger partial charge < -0.3 is 5.32 Å². The molecule has 1 N–H and O–H groups in total. The van der Waals surface area contributed by atoms with E-state index in [9.17, 15) is 0 Å². The minimum atomic E-state index is 0.723. The van der Waals surface area contributed by atoms with Crippen LogP contribution >= 0.6 is 23.8 Å². The molecule has 92 valence electrons. The van der Waals surface area contributed by atoms with Gasteiger partial charge in [0.2, 0.25) is 0 Å². The highest BCUT2D eigenvalue weighted by Gasteiger charge is 2.02. The summed E-state index contributed by atoms with van der Waals surface area (Å²) in [6.07, 6.45) is 0. The average molecular weight is 276 g/mol. The first-order valence-electron chi connectivity index (χ1n) is 5.75. The summed E-state index contributed by atoms with van der Waals surface area (Å²) < 4.78 is 0. The first kappa shape index (κ1) is 13.1. The zero-order valence-corrected chi connectivity index (χ0v) is 11.7. The molecule has 0 heterocycles. The van der Waals surface area contributed by atoms with Crippen LogP contribution in [0.4, 0.5) is 0 Å². The third kappa shape index (κ3) is 3.31. The summed E-state index contributed by atoms with van der Waals surface area (Å²) in [5.74, 6) is 0. The fraction of sp³-hybridized carbons (Fsp3) is 0.133. The molecule has 0 saturated carbocycles. The molecule has 0 aliphatic rings. The number of hydrogen-bond donors (Lipinski definition) is 1. The largest absolute Gasteiger partial charge is 0.372 e. The van der Waals surface area contributed by atoms with Crippen molar-refractivity contribution in [1.82, 2.24) is 5.32 Å². The lowest BCUT2D eigenvalue weighted by molar-refractivity contribution is 0.918. The fourth-order valence-electron chi connectivity index (χ4n) is 1.69. The number of aryl methyl sites for hydroxylation is 1. The highest BCUT2D eigenvalue weighted by Crippen LogP contribution is 2.11. The third-order valence-corrected chi connectivity index (χ3v) is 3.44. The quantitative estimate of drug-likeness (QED) is 0.846. The van der Waals surface area contributed by atoms with E-state index in [1.807, 2.05) is 36.4 Å².